The molecule has 37 heavy (non-hydrogen) atoms. The van der Waals surface area contributed by atoms with Crippen molar-refractivity contribution in [1.29, 1.82) is 0 Å². The second kappa shape index (κ2) is 22.9. The van der Waals surface area contributed by atoms with E-state index in [2.05, 4.69) is 32.0 Å². The van der Waals surface area contributed by atoms with Gasteiger partial charge in [-0.3, -0.25) is 4.79 Å². The molecule has 3 fully saturated rings. The normalized spacial score (nSPS) is 16.8. The lowest BCUT2D eigenvalue weighted by Gasteiger charge is -2.38. The number of fused-ring (bicyclic) bond motifs is 3. The third kappa shape index (κ3) is 15.6. The van der Waals surface area contributed by atoms with Gasteiger partial charge in [-0.15, -0.1) is 0 Å². The van der Waals surface area contributed by atoms with E-state index in [9.17, 15) is 4.79 Å². The van der Waals surface area contributed by atoms with Crippen LogP contribution in [0.5, 0.6) is 0 Å². The molecule has 7 nitrogen and oxygen atoms in total. The summed E-state index contributed by atoms with van der Waals surface area (Å²) in [7, 11) is 3.75. The van der Waals surface area contributed by atoms with Gasteiger partial charge in [0.25, 0.3) is 0 Å². The second-order valence-corrected chi connectivity index (χ2v) is 9.44. The predicted octanol–water partition coefficient (Wildman–Crippen LogP) is 5.80. The first-order chi connectivity index (χ1) is 18.0. The van der Waals surface area contributed by atoms with Crippen LogP contribution in [0.25, 0.3) is 11.3 Å². The van der Waals surface area contributed by atoms with Crippen molar-refractivity contribution >= 4 is 24.3 Å². The Balaban J connectivity index is 0.000000659. The van der Waals surface area contributed by atoms with Gasteiger partial charge in [0.1, 0.15) is 12.1 Å². The molecule has 0 atom stereocenters. The van der Waals surface area contributed by atoms with Crippen LogP contribution < -0.4 is 11.1 Å². The Hall–Kier alpha value is -2.22. The van der Waals surface area contributed by atoms with E-state index in [-0.39, 0.29) is 6.41 Å². The summed E-state index contributed by atoms with van der Waals surface area (Å²) in [6.45, 7) is 10.2. The van der Waals surface area contributed by atoms with E-state index in [0.29, 0.717) is 6.42 Å². The van der Waals surface area contributed by atoms with Crippen LogP contribution in [0.15, 0.2) is 24.4 Å². The highest BCUT2D eigenvalue weighted by Crippen LogP contribution is 2.26. The molecule has 3 saturated heterocycles. The maximum Gasteiger partial charge on any atom is 0.204 e. The topological polar surface area (TPSA) is 104 Å². The number of aryl methyl sites for hydroxylation is 2. The molecule has 2 aromatic rings. The van der Waals surface area contributed by atoms with Crippen molar-refractivity contribution in [3.63, 3.8) is 0 Å². The van der Waals surface area contributed by atoms with Crippen molar-refractivity contribution < 1.29 is 9.59 Å². The molecule has 0 aliphatic carbocycles. The number of halogens is 1. The van der Waals surface area contributed by atoms with Crippen LogP contribution >= 0.6 is 11.6 Å². The van der Waals surface area contributed by atoms with Crippen molar-refractivity contribution in [2.24, 2.45) is 11.7 Å². The Morgan fingerprint density at radius 3 is 2.11 bits per heavy atom. The molecule has 5 rings (SSSR count). The summed E-state index contributed by atoms with van der Waals surface area (Å²) in [4.78, 5) is 29.2. The van der Waals surface area contributed by atoms with Gasteiger partial charge in [0, 0.05) is 17.9 Å². The zero-order chi connectivity index (χ0) is 27.9. The maximum absolute atomic E-state index is 10.2. The van der Waals surface area contributed by atoms with E-state index in [1.807, 2.05) is 53.2 Å². The molecule has 1 aromatic heterocycles. The van der Waals surface area contributed by atoms with Gasteiger partial charge in [0.2, 0.25) is 6.41 Å². The molecule has 2 bridgehead atoms. The van der Waals surface area contributed by atoms with Crippen LogP contribution in [-0.4, -0.2) is 61.3 Å². The largest absolute Gasteiger partial charge is 0.372 e. The van der Waals surface area contributed by atoms with Crippen molar-refractivity contribution in [2.45, 2.75) is 78.6 Å². The first kappa shape index (κ1) is 34.8. The van der Waals surface area contributed by atoms with E-state index < -0.39 is 0 Å². The molecule has 1 amide bonds. The van der Waals surface area contributed by atoms with Crippen molar-refractivity contribution in [1.82, 2.24) is 20.2 Å². The van der Waals surface area contributed by atoms with Crippen LogP contribution in [0.3, 0.4) is 0 Å². The summed E-state index contributed by atoms with van der Waals surface area (Å²) in [6, 6.07) is 5.99. The third-order valence-corrected chi connectivity index (χ3v) is 6.57. The number of H-pyrrole nitrogens is 1. The van der Waals surface area contributed by atoms with Gasteiger partial charge in [0.05, 0.1) is 11.9 Å². The highest BCUT2D eigenvalue weighted by Gasteiger charge is 2.24. The molecule has 0 radical (unpaired) electrons. The molecular formula is C29H50ClN5O2. The zero-order valence-corrected chi connectivity index (χ0v) is 24.4. The summed E-state index contributed by atoms with van der Waals surface area (Å²) < 4.78 is 0. The number of unbranched alkanes of at least 4 members (excludes halogenated alkanes) is 4. The van der Waals surface area contributed by atoms with Crippen LogP contribution in [0.2, 0.25) is 5.02 Å². The van der Waals surface area contributed by atoms with Crippen LogP contribution in [0, 0.1) is 12.8 Å². The van der Waals surface area contributed by atoms with Crippen molar-refractivity contribution in [3.05, 3.63) is 40.8 Å². The second-order valence-electron chi connectivity index (χ2n) is 9.04. The Kier molecular flexibility index (Phi) is 21.6. The number of benzene rings is 1. The average molecular weight is 536 g/mol. The molecule has 3 aliphatic heterocycles. The van der Waals surface area contributed by atoms with Gasteiger partial charge in [-0.1, -0.05) is 44.4 Å². The van der Waals surface area contributed by atoms with Gasteiger partial charge in [-0.25, -0.2) is 4.98 Å². The Morgan fingerprint density at radius 2 is 1.65 bits per heavy atom. The molecule has 210 valence electrons. The van der Waals surface area contributed by atoms with E-state index in [0.717, 1.165) is 72.0 Å². The first-order valence-electron chi connectivity index (χ1n) is 13.7. The molecule has 0 unspecified atom stereocenters. The third-order valence-electron chi connectivity index (χ3n) is 6.14. The number of aromatic amines is 1. The minimum absolute atomic E-state index is 0.250. The number of nitrogens with one attached hydrogen (secondary N) is 2. The maximum atomic E-state index is 10.2. The SMILES string of the molecule is C1CN2CCC1CC2.CC.CNC.Cc1cc(-c2cnc(CCCCCCC=O)[nH]2)ccc1Cl.NC=O. The monoisotopic (exact) mass is 535 g/mol. The summed E-state index contributed by atoms with van der Waals surface area (Å²) in [5, 5.41) is 3.54. The summed E-state index contributed by atoms with van der Waals surface area (Å²) >= 11 is 6.05. The number of piperidine rings is 3. The van der Waals surface area contributed by atoms with Crippen molar-refractivity contribution in [2.75, 3.05) is 33.7 Å². The van der Waals surface area contributed by atoms with E-state index in [1.54, 1.807) is 0 Å². The molecule has 3 aliphatic rings. The average Bonchev–Trinajstić information content (AvgIpc) is 3.40. The van der Waals surface area contributed by atoms with E-state index >= 15 is 0 Å². The predicted molar refractivity (Wildman–Crippen MR) is 157 cm³/mol. The number of nitrogens with two attached hydrogens (primary N) is 1. The smallest absolute Gasteiger partial charge is 0.204 e. The number of primary amides is 1. The number of hydrogen-bond acceptors (Lipinski definition) is 5. The molecule has 8 heteroatoms. The first-order valence-corrected chi connectivity index (χ1v) is 14.1. The Morgan fingerprint density at radius 1 is 1.08 bits per heavy atom. The number of rotatable bonds is 8. The lowest BCUT2D eigenvalue weighted by atomic mass is 9.89. The van der Waals surface area contributed by atoms with E-state index in [4.69, 9.17) is 16.4 Å². The lowest BCUT2D eigenvalue weighted by Crippen LogP contribution is -2.41. The highest BCUT2D eigenvalue weighted by molar-refractivity contribution is 6.31. The number of carbonyl (C=O) groups excluding carboxylic acids is 2. The summed E-state index contributed by atoms with van der Waals surface area (Å²) in [6.07, 6.45) is 13.6. The number of aldehydes is 1. The molecule has 4 N–H and O–H groups in total. The molecule has 4 heterocycles. The van der Waals surface area contributed by atoms with Crippen LogP contribution in [0.4, 0.5) is 0 Å². The van der Waals surface area contributed by atoms with Gasteiger partial charge in [0.15, 0.2) is 0 Å². The zero-order valence-electron chi connectivity index (χ0n) is 23.7. The van der Waals surface area contributed by atoms with Gasteiger partial charge >= 0.3 is 0 Å². The fraction of sp³-hybridized carbons (Fsp3) is 0.621. The quantitative estimate of drug-likeness (QED) is 0.293. The van der Waals surface area contributed by atoms with E-state index in [1.165, 1.54) is 38.9 Å². The molecular weight excluding hydrogens is 486 g/mol. The lowest BCUT2D eigenvalue weighted by molar-refractivity contribution is -0.108. The standard InChI is InChI=1S/C17H21ClN2O.C7H13N.C2H7N.C2H6.CH3NO/c1-13-11-14(8-9-15(13)18)16-12-19-17(20-16)7-5-3-2-4-6-10-21;1-4-8-5-2-7(1)3-6-8;1-3-2;1-2;2-1-3/h8-12H,2-7H2,1H3,(H,19,20);7H,1-6H2;3H,1-2H3;1-2H3;1H,(H2,2,3). The van der Waals surface area contributed by atoms with Gasteiger partial charge < -0.3 is 25.7 Å². The van der Waals surface area contributed by atoms with Gasteiger partial charge in [-0.05, 0) is 102 Å². The fourth-order valence-electron chi connectivity index (χ4n) is 4.19. The fourth-order valence-corrected chi connectivity index (χ4v) is 4.30. The minimum atomic E-state index is 0.250. The number of nitrogens with zero attached hydrogens (tertiary/aromatic N) is 2. The summed E-state index contributed by atoms with van der Waals surface area (Å²) in [5.74, 6) is 2.13. The Bertz CT molecular complexity index is 812. The van der Waals surface area contributed by atoms with Crippen LogP contribution in [-0.2, 0) is 16.0 Å². The minimum Gasteiger partial charge on any atom is -0.372 e. The molecule has 0 saturated carbocycles. The molecule has 0 spiro atoms. The Labute approximate surface area is 230 Å². The number of imidazole rings is 1. The highest BCUT2D eigenvalue weighted by atomic mass is 35.5. The number of aromatic nitrogens is 2. The van der Waals surface area contributed by atoms with Gasteiger partial charge in [-0.2, -0.15) is 0 Å². The number of amides is 1. The molecule has 1 aromatic carbocycles. The van der Waals surface area contributed by atoms with Crippen molar-refractivity contribution in [3.8, 4) is 11.3 Å². The van der Waals surface area contributed by atoms with Crippen LogP contribution in [0.1, 0.15) is 76.6 Å². The number of carbonyl (C=O) groups is 2. The summed E-state index contributed by atoms with van der Waals surface area (Å²) in [5.41, 5.74) is 7.38. The number of hydrogen-bond donors (Lipinski definition) is 3.